The molecule has 0 bridgehead atoms. The number of nitrogens with one attached hydrogen (secondary N) is 1. The molecule has 0 atom stereocenters. The summed E-state index contributed by atoms with van der Waals surface area (Å²) in [6, 6.07) is 2.70. The van der Waals surface area contributed by atoms with Crippen molar-refractivity contribution in [2.75, 3.05) is 17.6 Å². The highest BCUT2D eigenvalue weighted by molar-refractivity contribution is 6.31. The van der Waals surface area contributed by atoms with Crippen LogP contribution in [0, 0.1) is 5.82 Å². The number of anilines is 2. The van der Waals surface area contributed by atoms with Crippen LogP contribution in [-0.4, -0.2) is 17.6 Å². The summed E-state index contributed by atoms with van der Waals surface area (Å²) in [4.78, 5) is 10.2. The molecule has 6 heteroatoms. The maximum Gasteiger partial charge on any atom is 0.322 e. The molecule has 0 saturated carbocycles. The minimum atomic E-state index is -1.11. The molecule has 0 saturated heterocycles. The predicted octanol–water partition coefficient (Wildman–Crippen LogP) is 1.56. The van der Waals surface area contributed by atoms with Gasteiger partial charge < -0.3 is 16.2 Å². The first-order valence-corrected chi connectivity index (χ1v) is 4.09. The summed E-state index contributed by atoms with van der Waals surface area (Å²) in [5.74, 6) is -1.85. The minimum absolute atomic E-state index is 0.0834. The van der Waals surface area contributed by atoms with Gasteiger partial charge in [0.2, 0.25) is 0 Å². The highest BCUT2D eigenvalue weighted by atomic mass is 35.5. The number of carbonyl (C=O) groups is 1. The number of hydrogen-bond donors (Lipinski definition) is 3. The van der Waals surface area contributed by atoms with E-state index >= 15 is 0 Å². The zero-order chi connectivity index (χ0) is 10.7. The fourth-order valence-corrected chi connectivity index (χ4v) is 1.07. The molecule has 76 valence electrons. The molecule has 0 radical (unpaired) electrons. The van der Waals surface area contributed by atoms with E-state index in [4.69, 9.17) is 22.4 Å². The van der Waals surface area contributed by atoms with Crippen molar-refractivity contribution in [3.63, 3.8) is 0 Å². The Bertz CT molecular complexity index is 371. The van der Waals surface area contributed by atoms with Crippen molar-refractivity contribution in [1.29, 1.82) is 0 Å². The summed E-state index contributed by atoms with van der Waals surface area (Å²) in [6.07, 6.45) is 0. The topological polar surface area (TPSA) is 75.3 Å². The van der Waals surface area contributed by atoms with E-state index in [1.807, 2.05) is 0 Å². The SMILES string of the molecule is Nc1ccc(Cl)c(F)c1NCC(=O)O. The first kappa shape index (κ1) is 10.6. The molecule has 0 aliphatic carbocycles. The molecule has 0 unspecified atom stereocenters. The number of halogens is 2. The van der Waals surface area contributed by atoms with Crippen LogP contribution in [0.2, 0.25) is 5.02 Å². The lowest BCUT2D eigenvalue weighted by Crippen LogP contribution is -2.14. The molecule has 1 rings (SSSR count). The second-order valence-electron chi connectivity index (χ2n) is 2.57. The average Bonchev–Trinajstić information content (AvgIpc) is 2.11. The van der Waals surface area contributed by atoms with Crippen molar-refractivity contribution in [3.8, 4) is 0 Å². The molecule has 0 spiro atoms. The quantitative estimate of drug-likeness (QED) is 0.673. The van der Waals surface area contributed by atoms with Crippen molar-refractivity contribution in [2.45, 2.75) is 0 Å². The fraction of sp³-hybridized carbons (Fsp3) is 0.125. The zero-order valence-corrected chi connectivity index (χ0v) is 7.81. The van der Waals surface area contributed by atoms with E-state index in [1.54, 1.807) is 0 Å². The Morgan fingerprint density at radius 2 is 2.29 bits per heavy atom. The van der Waals surface area contributed by atoms with Crippen LogP contribution in [0.3, 0.4) is 0 Å². The second kappa shape index (κ2) is 4.15. The van der Waals surface area contributed by atoms with Crippen LogP contribution in [0.5, 0.6) is 0 Å². The number of rotatable bonds is 3. The van der Waals surface area contributed by atoms with Gasteiger partial charge in [0.05, 0.1) is 16.4 Å². The summed E-state index contributed by atoms with van der Waals surface area (Å²) in [5.41, 5.74) is 5.46. The van der Waals surface area contributed by atoms with E-state index in [0.717, 1.165) is 0 Å². The van der Waals surface area contributed by atoms with Gasteiger partial charge >= 0.3 is 5.97 Å². The number of nitrogen functional groups attached to an aromatic ring is 1. The predicted molar refractivity (Wildman–Crippen MR) is 51.9 cm³/mol. The Kier molecular flexibility index (Phi) is 3.14. The maximum atomic E-state index is 13.2. The third-order valence-electron chi connectivity index (χ3n) is 1.54. The van der Waals surface area contributed by atoms with Crippen LogP contribution in [0.1, 0.15) is 0 Å². The average molecular weight is 219 g/mol. The Hall–Kier alpha value is -1.49. The highest BCUT2D eigenvalue weighted by Crippen LogP contribution is 2.27. The molecule has 0 amide bonds. The first-order chi connectivity index (χ1) is 6.52. The van der Waals surface area contributed by atoms with E-state index in [1.165, 1.54) is 12.1 Å². The molecule has 0 heterocycles. The Labute approximate surface area is 84.5 Å². The lowest BCUT2D eigenvalue weighted by molar-refractivity contribution is -0.134. The largest absolute Gasteiger partial charge is 0.480 e. The highest BCUT2D eigenvalue weighted by Gasteiger charge is 2.10. The smallest absolute Gasteiger partial charge is 0.322 e. The van der Waals surface area contributed by atoms with Gasteiger partial charge in [-0.1, -0.05) is 11.6 Å². The molecular weight excluding hydrogens is 211 g/mol. The van der Waals surface area contributed by atoms with Crippen LogP contribution in [0.25, 0.3) is 0 Å². The molecule has 1 aromatic carbocycles. The van der Waals surface area contributed by atoms with Crippen LogP contribution in [0.4, 0.5) is 15.8 Å². The van der Waals surface area contributed by atoms with Crippen LogP contribution < -0.4 is 11.1 Å². The van der Waals surface area contributed by atoms with Crippen LogP contribution >= 0.6 is 11.6 Å². The van der Waals surface area contributed by atoms with Crippen LogP contribution in [-0.2, 0) is 4.79 Å². The molecule has 4 N–H and O–H groups in total. The number of carboxylic acids is 1. The van der Waals surface area contributed by atoms with E-state index < -0.39 is 18.3 Å². The summed E-state index contributed by atoms with van der Waals surface area (Å²) >= 11 is 5.48. The normalized spacial score (nSPS) is 9.86. The summed E-state index contributed by atoms with van der Waals surface area (Å²) in [6.45, 7) is -0.415. The third-order valence-corrected chi connectivity index (χ3v) is 1.84. The second-order valence-corrected chi connectivity index (χ2v) is 2.98. The van der Waals surface area contributed by atoms with Gasteiger partial charge in [-0.3, -0.25) is 4.79 Å². The molecule has 0 aliphatic rings. The summed E-state index contributed by atoms with van der Waals surface area (Å²) in [5, 5.41) is 10.6. The molecule has 4 nitrogen and oxygen atoms in total. The molecule has 14 heavy (non-hydrogen) atoms. The first-order valence-electron chi connectivity index (χ1n) is 3.71. The molecular formula is C8H8ClFN2O2. The van der Waals surface area contributed by atoms with E-state index in [-0.39, 0.29) is 16.4 Å². The van der Waals surface area contributed by atoms with Gasteiger partial charge in [-0.25, -0.2) is 4.39 Å². The van der Waals surface area contributed by atoms with Crippen molar-refractivity contribution in [2.24, 2.45) is 0 Å². The van der Waals surface area contributed by atoms with Crippen molar-refractivity contribution in [1.82, 2.24) is 0 Å². The minimum Gasteiger partial charge on any atom is -0.480 e. The number of nitrogens with two attached hydrogens (primary N) is 1. The summed E-state index contributed by atoms with van der Waals surface area (Å²) < 4.78 is 13.2. The third kappa shape index (κ3) is 2.26. The van der Waals surface area contributed by atoms with Gasteiger partial charge in [-0.05, 0) is 12.1 Å². The van der Waals surface area contributed by atoms with Gasteiger partial charge in [-0.15, -0.1) is 0 Å². The van der Waals surface area contributed by atoms with Crippen molar-refractivity contribution < 1.29 is 14.3 Å². The summed E-state index contributed by atoms with van der Waals surface area (Å²) in [7, 11) is 0. The fourth-order valence-electron chi connectivity index (χ4n) is 0.909. The molecule has 0 fully saturated rings. The number of carboxylic acid groups (broad SMARTS) is 1. The lowest BCUT2D eigenvalue weighted by atomic mass is 10.2. The van der Waals surface area contributed by atoms with Crippen molar-refractivity contribution in [3.05, 3.63) is 23.0 Å². The lowest BCUT2D eigenvalue weighted by Gasteiger charge is -2.08. The Balaban J connectivity index is 2.95. The Morgan fingerprint density at radius 1 is 1.64 bits per heavy atom. The zero-order valence-electron chi connectivity index (χ0n) is 7.05. The molecule has 0 aromatic heterocycles. The standard InChI is InChI=1S/C8H8ClFN2O2/c9-4-1-2-5(11)8(7(4)10)12-3-6(13)14/h1-2,12H,3,11H2,(H,13,14). The number of benzene rings is 1. The van der Waals surface area contributed by atoms with Gasteiger partial charge in [-0.2, -0.15) is 0 Å². The van der Waals surface area contributed by atoms with E-state index in [9.17, 15) is 9.18 Å². The molecule has 1 aromatic rings. The van der Waals surface area contributed by atoms with Gasteiger partial charge in [0.15, 0.2) is 5.82 Å². The molecule has 0 aliphatic heterocycles. The van der Waals surface area contributed by atoms with Crippen LogP contribution in [0.15, 0.2) is 12.1 Å². The maximum absolute atomic E-state index is 13.2. The number of hydrogen-bond acceptors (Lipinski definition) is 3. The van der Waals surface area contributed by atoms with E-state index in [0.29, 0.717) is 0 Å². The van der Waals surface area contributed by atoms with Gasteiger partial charge in [0.25, 0.3) is 0 Å². The van der Waals surface area contributed by atoms with Gasteiger partial charge in [0.1, 0.15) is 6.54 Å². The monoisotopic (exact) mass is 218 g/mol. The van der Waals surface area contributed by atoms with Crippen molar-refractivity contribution >= 4 is 28.9 Å². The Morgan fingerprint density at radius 3 is 2.86 bits per heavy atom. The van der Waals surface area contributed by atoms with Gasteiger partial charge in [0, 0.05) is 0 Å². The number of aliphatic carboxylic acids is 1. The van der Waals surface area contributed by atoms with E-state index in [2.05, 4.69) is 5.32 Å².